The predicted molar refractivity (Wildman–Crippen MR) is 52.4 cm³/mol. The number of halogens is 5. The van der Waals surface area contributed by atoms with E-state index in [0.29, 0.717) is 0 Å². The second kappa shape index (κ2) is 6.48. The van der Waals surface area contributed by atoms with Crippen LogP contribution in [0, 0.1) is 0 Å². The molecule has 0 saturated heterocycles. The first kappa shape index (κ1) is 17.3. The van der Waals surface area contributed by atoms with Crippen molar-refractivity contribution in [2.75, 3.05) is 13.2 Å². The Morgan fingerprint density at radius 2 is 1.53 bits per heavy atom. The fourth-order valence-corrected chi connectivity index (χ4v) is 0.718. The van der Waals surface area contributed by atoms with Gasteiger partial charge in [0.15, 0.2) is 0 Å². The van der Waals surface area contributed by atoms with Crippen molar-refractivity contribution in [1.29, 1.82) is 0 Å². The topological polar surface area (TPSA) is 52.6 Å². The van der Waals surface area contributed by atoms with Gasteiger partial charge in [-0.3, -0.25) is 0 Å². The van der Waals surface area contributed by atoms with Gasteiger partial charge in [0.25, 0.3) is 0 Å². The standard InChI is InChI=1S/C10H11F5O4/c1-6(2)7(16)18-4-3-5-19-8(17)9(11,12)10(13,14)15/h1,3-5H2,2H3. The molecule has 0 aliphatic carbocycles. The van der Waals surface area contributed by atoms with Crippen LogP contribution < -0.4 is 0 Å². The summed E-state index contributed by atoms with van der Waals surface area (Å²) < 4.78 is 68.2. The molecule has 0 aromatic rings. The molecule has 0 aromatic carbocycles. The predicted octanol–water partition coefficient (Wildman–Crippen LogP) is 2.24. The van der Waals surface area contributed by atoms with Crippen molar-refractivity contribution in [3.05, 3.63) is 12.2 Å². The van der Waals surface area contributed by atoms with E-state index in [-0.39, 0.29) is 18.6 Å². The van der Waals surface area contributed by atoms with Crippen LogP contribution in [0.15, 0.2) is 12.2 Å². The smallest absolute Gasteiger partial charge is 0.462 e. The van der Waals surface area contributed by atoms with Crippen molar-refractivity contribution in [2.45, 2.75) is 25.4 Å². The highest BCUT2D eigenvalue weighted by molar-refractivity contribution is 5.86. The van der Waals surface area contributed by atoms with Gasteiger partial charge in [-0.2, -0.15) is 22.0 Å². The Labute approximate surface area is 105 Å². The Bertz CT molecular complexity index is 361. The van der Waals surface area contributed by atoms with Crippen molar-refractivity contribution in [2.24, 2.45) is 0 Å². The number of ether oxygens (including phenoxy) is 2. The molecule has 0 aromatic heterocycles. The Morgan fingerprint density at radius 1 is 1.05 bits per heavy atom. The minimum atomic E-state index is -6.00. The number of carbonyl (C=O) groups excluding carboxylic acids is 2. The molecule has 4 nitrogen and oxygen atoms in total. The number of alkyl halides is 5. The molecule has 0 amide bonds. The van der Waals surface area contributed by atoms with Crippen LogP contribution in [0.1, 0.15) is 13.3 Å². The van der Waals surface area contributed by atoms with Gasteiger partial charge in [-0.15, -0.1) is 0 Å². The molecule has 110 valence electrons. The van der Waals surface area contributed by atoms with Crippen molar-refractivity contribution in [1.82, 2.24) is 0 Å². The minimum Gasteiger partial charge on any atom is -0.462 e. The van der Waals surface area contributed by atoms with Gasteiger partial charge in [-0.25, -0.2) is 9.59 Å². The number of carbonyl (C=O) groups is 2. The zero-order chi connectivity index (χ0) is 15.3. The second-order valence-electron chi connectivity index (χ2n) is 3.48. The highest BCUT2D eigenvalue weighted by Crippen LogP contribution is 2.36. The summed E-state index contributed by atoms with van der Waals surface area (Å²) in [6, 6.07) is 0. The first-order valence-electron chi connectivity index (χ1n) is 4.94. The molecule has 0 saturated carbocycles. The Hall–Kier alpha value is -1.67. The van der Waals surface area contributed by atoms with E-state index in [4.69, 9.17) is 0 Å². The highest BCUT2D eigenvalue weighted by atomic mass is 19.4. The monoisotopic (exact) mass is 290 g/mol. The number of rotatable bonds is 6. The normalized spacial score (nSPS) is 11.9. The van der Waals surface area contributed by atoms with Crippen LogP contribution in [0.2, 0.25) is 0 Å². The molecule has 0 fully saturated rings. The number of hydrogen-bond donors (Lipinski definition) is 0. The minimum absolute atomic E-state index is 0.0978. The molecule has 0 N–H and O–H groups in total. The van der Waals surface area contributed by atoms with Gasteiger partial charge in [-0.05, 0) is 6.92 Å². The SMILES string of the molecule is C=C(C)C(=O)OCCCOC(=O)C(F)(F)C(F)(F)F. The summed E-state index contributed by atoms with van der Waals surface area (Å²) in [5, 5.41) is 0. The molecular weight excluding hydrogens is 279 g/mol. The van der Waals surface area contributed by atoms with Crippen LogP contribution in [-0.2, 0) is 19.1 Å². The zero-order valence-corrected chi connectivity index (χ0v) is 9.85. The van der Waals surface area contributed by atoms with Gasteiger partial charge < -0.3 is 9.47 Å². The average Bonchev–Trinajstić information content (AvgIpc) is 2.26. The maximum Gasteiger partial charge on any atom is 0.465 e. The molecule has 19 heavy (non-hydrogen) atoms. The van der Waals surface area contributed by atoms with E-state index >= 15 is 0 Å². The molecule has 0 rings (SSSR count). The molecule has 0 heterocycles. The van der Waals surface area contributed by atoms with Gasteiger partial charge in [0.1, 0.15) is 0 Å². The van der Waals surface area contributed by atoms with Gasteiger partial charge in [0.05, 0.1) is 13.2 Å². The molecule has 0 aliphatic heterocycles. The number of hydrogen-bond acceptors (Lipinski definition) is 4. The summed E-state index contributed by atoms with van der Waals surface area (Å²) in [5.74, 6) is -8.99. The highest BCUT2D eigenvalue weighted by Gasteiger charge is 2.64. The van der Waals surface area contributed by atoms with E-state index < -0.39 is 30.6 Å². The van der Waals surface area contributed by atoms with Crippen molar-refractivity contribution in [3.8, 4) is 0 Å². The second-order valence-corrected chi connectivity index (χ2v) is 3.48. The fraction of sp³-hybridized carbons (Fsp3) is 0.600. The van der Waals surface area contributed by atoms with E-state index in [1.54, 1.807) is 0 Å². The van der Waals surface area contributed by atoms with Crippen molar-refractivity contribution >= 4 is 11.9 Å². The van der Waals surface area contributed by atoms with Crippen LogP contribution in [0.4, 0.5) is 22.0 Å². The molecule has 0 aliphatic rings. The Morgan fingerprint density at radius 3 is 1.95 bits per heavy atom. The third-order valence-electron chi connectivity index (χ3n) is 1.72. The lowest BCUT2D eigenvalue weighted by atomic mass is 10.3. The Kier molecular flexibility index (Phi) is 5.91. The van der Waals surface area contributed by atoms with E-state index in [1.165, 1.54) is 6.92 Å². The molecule has 0 radical (unpaired) electrons. The van der Waals surface area contributed by atoms with E-state index in [0.717, 1.165) is 0 Å². The quantitative estimate of drug-likeness (QED) is 0.326. The van der Waals surface area contributed by atoms with Crippen LogP contribution in [0.25, 0.3) is 0 Å². The summed E-state index contributed by atoms with van der Waals surface area (Å²) in [5.41, 5.74) is 0.0978. The first-order valence-corrected chi connectivity index (χ1v) is 4.94. The maximum absolute atomic E-state index is 12.4. The molecule has 9 heteroatoms. The van der Waals surface area contributed by atoms with Crippen LogP contribution in [0.5, 0.6) is 0 Å². The van der Waals surface area contributed by atoms with Crippen molar-refractivity contribution < 1.29 is 41.0 Å². The van der Waals surface area contributed by atoms with Crippen LogP contribution >= 0.6 is 0 Å². The van der Waals surface area contributed by atoms with Crippen LogP contribution in [-0.4, -0.2) is 37.3 Å². The Balaban J connectivity index is 4.00. The molecule has 0 atom stereocenters. The van der Waals surface area contributed by atoms with Gasteiger partial charge in [0.2, 0.25) is 0 Å². The fourth-order valence-electron chi connectivity index (χ4n) is 0.718. The third-order valence-corrected chi connectivity index (χ3v) is 1.72. The summed E-state index contributed by atoms with van der Waals surface area (Å²) in [7, 11) is 0. The molecule has 0 unspecified atom stereocenters. The summed E-state index contributed by atoms with van der Waals surface area (Å²) in [6.45, 7) is 3.60. The lowest BCUT2D eigenvalue weighted by molar-refractivity contribution is -0.280. The average molecular weight is 290 g/mol. The van der Waals surface area contributed by atoms with E-state index in [2.05, 4.69) is 16.1 Å². The summed E-state index contributed by atoms with van der Waals surface area (Å²) >= 11 is 0. The number of esters is 2. The maximum atomic E-state index is 12.4. The lowest BCUT2D eigenvalue weighted by Gasteiger charge is -2.17. The van der Waals surface area contributed by atoms with Crippen LogP contribution in [0.3, 0.4) is 0 Å². The van der Waals surface area contributed by atoms with E-state index in [1.807, 2.05) is 0 Å². The van der Waals surface area contributed by atoms with Gasteiger partial charge in [0, 0.05) is 12.0 Å². The largest absolute Gasteiger partial charge is 0.465 e. The molecule has 0 bridgehead atoms. The lowest BCUT2D eigenvalue weighted by Crippen LogP contribution is -2.45. The molecular formula is C10H11F5O4. The molecule has 0 spiro atoms. The van der Waals surface area contributed by atoms with Gasteiger partial charge in [-0.1, -0.05) is 6.58 Å². The summed E-state index contributed by atoms with van der Waals surface area (Å²) in [6.07, 6.45) is -6.21. The third kappa shape index (κ3) is 5.23. The first-order chi connectivity index (χ1) is 8.50. The van der Waals surface area contributed by atoms with Gasteiger partial charge >= 0.3 is 24.0 Å². The van der Waals surface area contributed by atoms with E-state index in [9.17, 15) is 31.5 Å². The zero-order valence-electron chi connectivity index (χ0n) is 9.85. The van der Waals surface area contributed by atoms with Crippen molar-refractivity contribution in [3.63, 3.8) is 0 Å². The summed E-state index contributed by atoms with van der Waals surface area (Å²) in [4.78, 5) is 21.3.